The molecule has 6 nitrogen and oxygen atoms in total. The lowest BCUT2D eigenvalue weighted by molar-refractivity contribution is -0.141. The van der Waals surface area contributed by atoms with E-state index in [1.807, 2.05) is 0 Å². The van der Waals surface area contributed by atoms with Crippen molar-refractivity contribution in [2.24, 2.45) is 0 Å². The van der Waals surface area contributed by atoms with E-state index in [4.69, 9.17) is 11.6 Å². The molecule has 0 saturated carbocycles. The van der Waals surface area contributed by atoms with Crippen molar-refractivity contribution >= 4 is 38.9 Å². The molecular weight excluding hydrogens is 479 g/mol. The number of hydrogen-bond acceptors (Lipinski definition) is 4. The van der Waals surface area contributed by atoms with E-state index in [2.05, 4.69) is 10.3 Å². The van der Waals surface area contributed by atoms with E-state index in [1.165, 1.54) is 34.6 Å². The predicted molar refractivity (Wildman–Crippen MR) is 120 cm³/mol. The van der Waals surface area contributed by atoms with Crippen molar-refractivity contribution in [3.8, 4) is 0 Å². The van der Waals surface area contributed by atoms with Crippen LogP contribution in [-0.2, 0) is 34.0 Å². The number of alkyl halides is 3. The first-order valence-corrected chi connectivity index (χ1v) is 11.8. The lowest BCUT2D eigenvalue weighted by atomic mass is 10.2. The smallest absolute Gasteiger partial charge is 0.326 e. The molecule has 174 valence electrons. The molecule has 3 rings (SSSR count). The average Bonchev–Trinajstić information content (AvgIpc) is 2.73. The highest BCUT2D eigenvalue weighted by Gasteiger charge is 2.32. The topological polar surface area (TPSA) is 79.4 Å². The zero-order chi connectivity index (χ0) is 24.2. The molecule has 1 amide bonds. The van der Waals surface area contributed by atoms with Crippen molar-refractivity contribution in [1.82, 2.24) is 4.98 Å². The van der Waals surface area contributed by atoms with Gasteiger partial charge in [0.25, 0.3) is 0 Å². The number of benzene rings is 2. The molecule has 2 aromatic carbocycles. The molecule has 33 heavy (non-hydrogen) atoms. The van der Waals surface area contributed by atoms with Crippen LogP contribution in [0.3, 0.4) is 0 Å². The first kappa shape index (κ1) is 24.5. The van der Waals surface area contributed by atoms with Crippen LogP contribution in [0.5, 0.6) is 0 Å². The van der Waals surface area contributed by atoms with Gasteiger partial charge in [-0.25, -0.2) is 8.42 Å². The molecule has 11 heteroatoms. The van der Waals surface area contributed by atoms with Gasteiger partial charge in [0.05, 0.1) is 24.9 Å². The Morgan fingerprint density at radius 1 is 1.06 bits per heavy atom. The largest absolute Gasteiger partial charge is 0.433 e. The molecule has 0 unspecified atom stereocenters. The van der Waals surface area contributed by atoms with Crippen LogP contribution in [0.2, 0.25) is 5.02 Å². The number of halogens is 4. The average molecular weight is 498 g/mol. The zero-order valence-corrected chi connectivity index (χ0v) is 18.9. The number of sulfonamides is 1. The van der Waals surface area contributed by atoms with Gasteiger partial charge in [0, 0.05) is 16.9 Å². The Labute approximate surface area is 194 Å². The molecule has 0 bridgehead atoms. The van der Waals surface area contributed by atoms with Crippen LogP contribution in [0.15, 0.2) is 66.9 Å². The van der Waals surface area contributed by atoms with Gasteiger partial charge in [0.1, 0.15) is 5.69 Å². The molecule has 3 aromatic rings. The second-order valence-corrected chi connectivity index (χ2v) is 9.50. The summed E-state index contributed by atoms with van der Waals surface area (Å²) >= 11 is 6.16. The molecule has 0 atom stereocenters. The van der Waals surface area contributed by atoms with Crippen LogP contribution in [0, 0.1) is 0 Å². The molecular formula is C22H19ClF3N3O3S. The fraction of sp³-hybridized carbons (Fsp3) is 0.182. The number of pyridine rings is 1. The molecule has 0 aliphatic rings. The maximum Gasteiger partial charge on any atom is 0.433 e. The molecule has 0 spiro atoms. The molecule has 0 aliphatic heterocycles. The SMILES string of the molecule is CS(=O)(=O)N(Cc1ccccc1Cl)c1ccc(NC(=O)Cc2ccc(C(F)(F)F)nc2)cc1. The molecule has 1 heterocycles. The predicted octanol–water partition coefficient (Wildman–Crippen LogP) is 4.90. The number of nitrogens with zero attached hydrogens (tertiary/aromatic N) is 2. The highest BCUT2D eigenvalue weighted by Crippen LogP contribution is 2.28. The first-order chi connectivity index (χ1) is 15.4. The standard InChI is InChI=1S/C22H19ClF3N3O3S/c1-33(31,32)29(14-16-4-2-3-5-19(16)23)18-9-7-17(8-10-18)28-21(30)12-15-6-11-20(27-13-15)22(24,25)26/h2-11,13H,12,14H2,1H3,(H,28,30). The summed E-state index contributed by atoms with van der Waals surface area (Å²) in [6.07, 6.45) is -2.63. The third kappa shape index (κ3) is 6.69. The summed E-state index contributed by atoms with van der Waals surface area (Å²) in [5.74, 6) is -0.458. The molecule has 0 aliphatic carbocycles. The van der Waals surface area contributed by atoms with Crippen molar-refractivity contribution in [2.45, 2.75) is 19.1 Å². The molecule has 0 fully saturated rings. The lowest BCUT2D eigenvalue weighted by Gasteiger charge is -2.23. The number of anilines is 2. The van der Waals surface area contributed by atoms with Crippen LogP contribution >= 0.6 is 11.6 Å². The molecule has 0 saturated heterocycles. The van der Waals surface area contributed by atoms with Gasteiger partial charge < -0.3 is 5.32 Å². The van der Waals surface area contributed by atoms with Gasteiger partial charge in [0.15, 0.2) is 0 Å². The van der Waals surface area contributed by atoms with Gasteiger partial charge >= 0.3 is 6.18 Å². The lowest BCUT2D eigenvalue weighted by Crippen LogP contribution is -2.29. The quantitative estimate of drug-likeness (QED) is 0.503. The van der Waals surface area contributed by atoms with Crippen molar-refractivity contribution in [3.05, 3.63) is 88.7 Å². The van der Waals surface area contributed by atoms with E-state index < -0.39 is 27.8 Å². The Bertz CT molecular complexity index is 1230. The molecule has 1 N–H and O–H groups in total. The van der Waals surface area contributed by atoms with Crippen molar-refractivity contribution in [1.29, 1.82) is 0 Å². The third-order valence-corrected chi connectivity index (χ3v) is 6.10. The minimum absolute atomic E-state index is 0.0329. The van der Waals surface area contributed by atoms with E-state index in [9.17, 15) is 26.4 Å². The van der Waals surface area contributed by atoms with Gasteiger partial charge in [0.2, 0.25) is 15.9 Å². The summed E-state index contributed by atoms with van der Waals surface area (Å²) in [5.41, 5.74) is 0.693. The number of nitrogens with one attached hydrogen (secondary N) is 1. The normalized spacial score (nSPS) is 11.8. The summed E-state index contributed by atoms with van der Waals surface area (Å²) in [5, 5.41) is 3.06. The van der Waals surface area contributed by atoms with Crippen molar-refractivity contribution in [2.75, 3.05) is 15.9 Å². The maximum atomic E-state index is 12.6. The Morgan fingerprint density at radius 3 is 2.27 bits per heavy atom. The number of rotatable bonds is 7. The number of amides is 1. The second-order valence-electron chi connectivity index (χ2n) is 7.18. The van der Waals surface area contributed by atoms with E-state index in [0.29, 0.717) is 27.5 Å². The highest BCUT2D eigenvalue weighted by molar-refractivity contribution is 7.92. The number of aromatic nitrogens is 1. The monoisotopic (exact) mass is 497 g/mol. The van der Waals surface area contributed by atoms with E-state index in [-0.39, 0.29) is 13.0 Å². The van der Waals surface area contributed by atoms with E-state index in [1.54, 1.807) is 24.3 Å². The second kappa shape index (κ2) is 9.80. The Morgan fingerprint density at radius 2 is 1.73 bits per heavy atom. The van der Waals surface area contributed by atoms with Crippen LogP contribution in [0.1, 0.15) is 16.8 Å². The van der Waals surface area contributed by atoms with Crippen molar-refractivity contribution < 1.29 is 26.4 Å². The van der Waals surface area contributed by atoms with Gasteiger partial charge in [-0.15, -0.1) is 0 Å². The fourth-order valence-corrected chi connectivity index (χ4v) is 4.05. The first-order valence-electron chi connectivity index (χ1n) is 9.56. The maximum absolute atomic E-state index is 12.6. The zero-order valence-electron chi connectivity index (χ0n) is 17.3. The summed E-state index contributed by atoms with van der Waals surface area (Å²) < 4.78 is 63.6. The molecule has 0 radical (unpaired) electrons. The summed E-state index contributed by atoms with van der Waals surface area (Å²) in [6.45, 7) is 0.0329. The number of carbonyl (C=O) groups excluding carboxylic acids is 1. The van der Waals surface area contributed by atoms with Crippen LogP contribution in [0.4, 0.5) is 24.5 Å². The third-order valence-electron chi connectivity index (χ3n) is 4.59. The van der Waals surface area contributed by atoms with E-state index >= 15 is 0 Å². The summed E-state index contributed by atoms with van der Waals surface area (Å²) in [7, 11) is -3.62. The van der Waals surface area contributed by atoms with Crippen LogP contribution in [-0.4, -0.2) is 25.6 Å². The minimum atomic E-state index is -4.55. The Balaban J connectivity index is 1.69. The summed E-state index contributed by atoms with van der Waals surface area (Å²) in [6, 6.07) is 15.0. The Hall–Kier alpha value is -3.11. The Kier molecular flexibility index (Phi) is 7.28. The minimum Gasteiger partial charge on any atom is -0.326 e. The van der Waals surface area contributed by atoms with Crippen molar-refractivity contribution in [3.63, 3.8) is 0 Å². The highest BCUT2D eigenvalue weighted by atomic mass is 35.5. The fourth-order valence-electron chi connectivity index (χ4n) is 2.98. The van der Waals surface area contributed by atoms with Gasteiger partial charge in [-0.2, -0.15) is 13.2 Å². The van der Waals surface area contributed by atoms with Crippen LogP contribution in [0.25, 0.3) is 0 Å². The van der Waals surface area contributed by atoms with Gasteiger partial charge in [-0.05, 0) is 47.5 Å². The molecule has 1 aromatic heterocycles. The number of carbonyl (C=O) groups is 1. The van der Waals surface area contributed by atoms with Gasteiger partial charge in [-0.1, -0.05) is 35.9 Å². The summed E-state index contributed by atoms with van der Waals surface area (Å²) in [4.78, 5) is 15.6. The van der Waals surface area contributed by atoms with Crippen LogP contribution < -0.4 is 9.62 Å². The van der Waals surface area contributed by atoms with Gasteiger partial charge in [-0.3, -0.25) is 14.1 Å². The number of hydrogen-bond donors (Lipinski definition) is 1. The van der Waals surface area contributed by atoms with E-state index in [0.717, 1.165) is 18.5 Å².